The molecule has 1 aromatic rings. The second-order valence-corrected chi connectivity index (χ2v) is 9.48. The maximum absolute atomic E-state index is 12.7. The van der Waals surface area contributed by atoms with E-state index >= 15 is 0 Å². The van der Waals surface area contributed by atoms with Crippen molar-refractivity contribution in [3.05, 3.63) is 29.8 Å². The van der Waals surface area contributed by atoms with Crippen LogP contribution in [0.25, 0.3) is 0 Å². The summed E-state index contributed by atoms with van der Waals surface area (Å²) < 4.78 is 27.0. The Kier molecular flexibility index (Phi) is 6.32. The van der Waals surface area contributed by atoms with Crippen LogP contribution in [-0.4, -0.2) is 57.4 Å². The number of sulfonamides is 1. The summed E-state index contributed by atoms with van der Waals surface area (Å²) in [6, 6.07) is 7.32. The standard InChI is InChI=1S/C19H29N3O3S/c1-16-7-9-18(10-8-16)26(24,25)22-13-11-21(12-14-22)15-19(23)20-17-5-3-2-4-6-17/h7-10,17H,2-6,11-15H2,1H3,(H,20,23)/p+1. The summed E-state index contributed by atoms with van der Waals surface area (Å²) in [7, 11) is -3.43. The Hall–Kier alpha value is -1.44. The molecule has 3 rings (SSSR count). The summed E-state index contributed by atoms with van der Waals surface area (Å²) in [5, 5.41) is 3.15. The zero-order chi connectivity index (χ0) is 18.6. The monoisotopic (exact) mass is 380 g/mol. The number of benzene rings is 1. The van der Waals surface area contributed by atoms with Crippen LogP contribution in [0.5, 0.6) is 0 Å². The Labute approximate surface area is 156 Å². The predicted molar refractivity (Wildman–Crippen MR) is 101 cm³/mol. The number of carbonyl (C=O) groups is 1. The maximum atomic E-state index is 12.7. The summed E-state index contributed by atoms with van der Waals surface area (Å²) >= 11 is 0. The number of nitrogens with one attached hydrogen (secondary N) is 2. The topological polar surface area (TPSA) is 70.9 Å². The van der Waals surface area contributed by atoms with E-state index in [9.17, 15) is 13.2 Å². The molecule has 1 saturated carbocycles. The number of amides is 1. The zero-order valence-electron chi connectivity index (χ0n) is 15.5. The van der Waals surface area contributed by atoms with Gasteiger partial charge in [-0.2, -0.15) is 4.31 Å². The minimum absolute atomic E-state index is 0.0988. The molecule has 1 aliphatic heterocycles. The van der Waals surface area contributed by atoms with Crippen LogP contribution in [0.2, 0.25) is 0 Å². The molecule has 0 radical (unpaired) electrons. The lowest BCUT2D eigenvalue weighted by atomic mass is 9.95. The molecule has 2 aliphatic rings. The fourth-order valence-electron chi connectivity index (χ4n) is 3.83. The van der Waals surface area contributed by atoms with Gasteiger partial charge in [0.1, 0.15) is 0 Å². The fraction of sp³-hybridized carbons (Fsp3) is 0.632. The lowest BCUT2D eigenvalue weighted by Crippen LogP contribution is -3.15. The van der Waals surface area contributed by atoms with Gasteiger partial charge in [-0.1, -0.05) is 37.0 Å². The summed E-state index contributed by atoms with van der Waals surface area (Å²) in [4.78, 5) is 13.8. The van der Waals surface area contributed by atoms with Crippen molar-refractivity contribution in [1.29, 1.82) is 0 Å². The molecule has 0 atom stereocenters. The van der Waals surface area contributed by atoms with Crippen molar-refractivity contribution in [3.8, 4) is 0 Å². The van der Waals surface area contributed by atoms with Crippen LogP contribution in [-0.2, 0) is 14.8 Å². The molecule has 1 amide bonds. The van der Waals surface area contributed by atoms with E-state index in [1.807, 2.05) is 19.1 Å². The molecule has 7 heteroatoms. The Balaban J connectivity index is 1.49. The molecule has 0 bridgehead atoms. The lowest BCUT2D eigenvalue weighted by molar-refractivity contribution is -0.895. The van der Waals surface area contributed by atoms with E-state index < -0.39 is 10.0 Å². The van der Waals surface area contributed by atoms with Crippen molar-refractivity contribution in [2.24, 2.45) is 0 Å². The minimum Gasteiger partial charge on any atom is -0.348 e. The smallest absolute Gasteiger partial charge is 0.275 e. The number of quaternary nitrogens is 1. The zero-order valence-corrected chi connectivity index (χ0v) is 16.4. The van der Waals surface area contributed by atoms with Crippen LogP contribution in [0, 0.1) is 6.92 Å². The van der Waals surface area contributed by atoms with Crippen molar-refractivity contribution in [2.75, 3.05) is 32.7 Å². The van der Waals surface area contributed by atoms with Gasteiger partial charge >= 0.3 is 0 Å². The van der Waals surface area contributed by atoms with Crippen LogP contribution in [0.4, 0.5) is 0 Å². The summed E-state index contributed by atoms with van der Waals surface area (Å²) in [5.74, 6) is 0.0988. The number of piperazine rings is 1. The highest BCUT2D eigenvalue weighted by molar-refractivity contribution is 7.89. The first-order valence-electron chi connectivity index (χ1n) is 9.65. The van der Waals surface area contributed by atoms with E-state index in [1.165, 1.54) is 19.3 Å². The van der Waals surface area contributed by atoms with Crippen molar-refractivity contribution >= 4 is 15.9 Å². The average molecular weight is 381 g/mol. The first-order valence-corrected chi connectivity index (χ1v) is 11.1. The fourth-order valence-corrected chi connectivity index (χ4v) is 5.27. The molecule has 6 nitrogen and oxygen atoms in total. The van der Waals surface area contributed by atoms with Gasteiger partial charge in [-0.05, 0) is 31.9 Å². The van der Waals surface area contributed by atoms with Gasteiger partial charge in [0.25, 0.3) is 5.91 Å². The van der Waals surface area contributed by atoms with Crippen LogP contribution >= 0.6 is 0 Å². The van der Waals surface area contributed by atoms with Crippen molar-refractivity contribution < 1.29 is 18.1 Å². The Morgan fingerprint density at radius 1 is 1.12 bits per heavy atom. The molecule has 1 saturated heterocycles. The third-order valence-electron chi connectivity index (χ3n) is 5.47. The van der Waals surface area contributed by atoms with Crippen LogP contribution in [0.1, 0.15) is 37.7 Å². The molecule has 2 fully saturated rings. The first-order chi connectivity index (χ1) is 12.4. The van der Waals surface area contributed by atoms with Gasteiger partial charge in [0.15, 0.2) is 6.54 Å². The highest BCUT2D eigenvalue weighted by atomic mass is 32.2. The molecular weight excluding hydrogens is 350 g/mol. The average Bonchev–Trinajstić information content (AvgIpc) is 2.63. The Morgan fingerprint density at radius 3 is 2.35 bits per heavy atom. The molecule has 0 spiro atoms. The van der Waals surface area contributed by atoms with Gasteiger partial charge in [0, 0.05) is 6.04 Å². The van der Waals surface area contributed by atoms with Crippen molar-refractivity contribution in [3.63, 3.8) is 0 Å². The van der Waals surface area contributed by atoms with Gasteiger partial charge in [0.2, 0.25) is 10.0 Å². The summed E-state index contributed by atoms with van der Waals surface area (Å²) in [6.45, 7) is 4.64. The maximum Gasteiger partial charge on any atom is 0.275 e. The number of nitrogens with zero attached hydrogens (tertiary/aromatic N) is 1. The molecule has 0 unspecified atom stereocenters. The summed E-state index contributed by atoms with van der Waals surface area (Å²) in [5.41, 5.74) is 1.04. The quantitative estimate of drug-likeness (QED) is 0.774. The van der Waals surface area contributed by atoms with Crippen molar-refractivity contribution in [2.45, 2.75) is 50.0 Å². The van der Waals surface area contributed by atoms with E-state index in [0.717, 1.165) is 23.3 Å². The van der Waals surface area contributed by atoms with Gasteiger partial charge in [-0.3, -0.25) is 4.79 Å². The second-order valence-electron chi connectivity index (χ2n) is 7.55. The highest BCUT2D eigenvalue weighted by Crippen LogP contribution is 2.17. The number of aryl methyl sites for hydroxylation is 1. The van der Waals surface area contributed by atoms with Crippen LogP contribution < -0.4 is 10.2 Å². The van der Waals surface area contributed by atoms with E-state index in [-0.39, 0.29) is 5.91 Å². The third kappa shape index (κ3) is 4.84. The minimum atomic E-state index is -3.43. The Morgan fingerprint density at radius 2 is 1.73 bits per heavy atom. The number of hydrogen-bond acceptors (Lipinski definition) is 3. The molecule has 2 N–H and O–H groups in total. The molecule has 1 heterocycles. The van der Waals surface area contributed by atoms with E-state index in [0.29, 0.717) is 43.7 Å². The predicted octanol–water partition coefficient (Wildman–Crippen LogP) is 0.333. The Bertz CT molecular complexity index is 704. The number of hydrogen-bond donors (Lipinski definition) is 2. The molecular formula is C19H30N3O3S+. The van der Waals surface area contributed by atoms with Crippen LogP contribution in [0.15, 0.2) is 29.2 Å². The van der Waals surface area contributed by atoms with Crippen LogP contribution in [0.3, 0.4) is 0 Å². The summed E-state index contributed by atoms with van der Waals surface area (Å²) in [6.07, 6.45) is 5.85. The SMILES string of the molecule is Cc1ccc(S(=O)(=O)N2CC[NH+](CC(=O)NC3CCCCC3)CC2)cc1. The molecule has 144 valence electrons. The van der Waals surface area contributed by atoms with E-state index in [2.05, 4.69) is 5.32 Å². The van der Waals surface area contributed by atoms with Gasteiger partial charge in [-0.25, -0.2) is 8.42 Å². The normalized spacial score (nSPS) is 20.8. The molecule has 1 aromatic carbocycles. The van der Waals surface area contributed by atoms with Crippen molar-refractivity contribution in [1.82, 2.24) is 9.62 Å². The van der Waals surface area contributed by atoms with Gasteiger partial charge in [-0.15, -0.1) is 0 Å². The van der Waals surface area contributed by atoms with E-state index in [4.69, 9.17) is 0 Å². The second kappa shape index (κ2) is 8.50. The molecule has 1 aliphatic carbocycles. The largest absolute Gasteiger partial charge is 0.348 e. The third-order valence-corrected chi connectivity index (χ3v) is 7.38. The molecule has 0 aromatic heterocycles. The number of rotatable bonds is 5. The van der Waals surface area contributed by atoms with Gasteiger partial charge in [0.05, 0.1) is 31.1 Å². The first kappa shape index (κ1) is 19.3. The molecule has 26 heavy (non-hydrogen) atoms. The lowest BCUT2D eigenvalue weighted by Gasteiger charge is -2.31. The highest BCUT2D eigenvalue weighted by Gasteiger charge is 2.31. The van der Waals surface area contributed by atoms with Gasteiger partial charge < -0.3 is 10.2 Å². The number of carbonyl (C=O) groups excluding carboxylic acids is 1. The van der Waals surface area contributed by atoms with E-state index in [1.54, 1.807) is 16.4 Å².